The number of nitrogens with zero attached hydrogens (tertiary/aromatic N) is 1. The van der Waals surface area contributed by atoms with Gasteiger partial charge in [-0.1, -0.05) is 24.3 Å². The summed E-state index contributed by atoms with van der Waals surface area (Å²) in [6.45, 7) is 5.77. The summed E-state index contributed by atoms with van der Waals surface area (Å²) in [5.74, 6) is -0.180. The minimum atomic E-state index is -3.55. The highest BCUT2D eigenvalue weighted by Crippen LogP contribution is 2.22. The first-order valence-corrected chi connectivity index (χ1v) is 9.44. The zero-order valence-electron chi connectivity index (χ0n) is 15.3. The zero-order chi connectivity index (χ0) is 18.8. The lowest BCUT2D eigenvalue weighted by Gasteiger charge is -2.15. The van der Waals surface area contributed by atoms with Crippen molar-refractivity contribution in [1.82, 2.24) is 4.31 Å². The molecule has 0 saturated carbocycles. The average Bonchev–Trinajstić information content (AvgIpc) is 2.52. The Bertz CT molecular complexity index is 903. The molecule has 134 valence electrons. The molecule has 0 fully saturated rings. The number of rotatable bonds is 5. The second-order valence-corrected chi connectivity index (χ2v) is 8.53. The molecule has 25 heavy (non-hydrogen) atoms. The van der Waals surface area contributed by atoms with Gasteiger partial charge in [0.15, 0.2) is 0 Å². The Morgan fingerprint density at radius 3 is 2.20 bits per heavy atom. The van der Waals surface area contributed by atoms with Crippen LogP contribution in [0.5, 0.6) is 0 Å². The van der Waals surface area contributed by atoms with Crippen molar-refractivity contribution in [1.29, 1.82) is 0 Å². The highest BCUT2D eigenvalue weighted by atomic mass is 32.2. The summed E-state index contributed by atoms with van der Waals surface area (Å²) < 4.78 is 25.9. The molecule has 1 N–H and O–H groups in total. The predicted octanol–water partition coefficient (Wildman–Crippen LogP) is 3.04. The van der Waals surface area contributed by atoms with Gasteiger partial charge in [0.05, 0.1) is 11.3 Å². The molecule has 0 aliphatic heterocycles. The number of aryl methyl sites for hydroxylation is 3. The lowest BCUT2D eigenvalue weighted by molar-refractivity contribution is -0.115. The molecule has 2 aromatic carbocycles. The van der Waals surface area contributed by atoms with Gasteiger partial charge in [0.1, 0.15) is 0 Å². The number of carbonyl (C=O) groups excluding carboxylic acids is 1. The van der Waals surface area contributed by atoms with E-state index in [2.05, 4.69) is 5.32 Å². The molecule has 0 heterocycles. The SMILES string of the molecule is Cc1ccc(CC(=O)Nc2ccc(C)c(S(=O)(=O)N(C)C)c2)cc1C. The van der Waals surface area contributed by atoms with Crippen molar-refractivity contribution in [3.63, 3.8) is 0 Å². The molecule has 5 nitrogen and oxygen atoms in total. The van der Waals surface area contributed by atoms with Crippen LogP contribution in [0.25, 0.3) is 0 Å². The van der Waals surface area contributed by atoms with E-state index in [9.17, 15) is 13.2 Å². The van der Waals surface area contributed by atoms with E-state index in [0.29, 0.717) is 11.3 Å². The van der Waals surface area contributed by atoms with Crippen LogP contribution >= 0.6 is 0 Å². The van der Waals surface area contributed by atoms with Gasteiger partial charge in [-0.25, -0.2) is 12.7 Å². The van der Waals surface area contributed by atoms with Crippen molar-refractivity contribution in [2.75, 3.05) is 19.4 Å². The lowest BCUT2D eigenvalue weighted by atomic mass is 10.0. The summed E-state index contributed by atoms with van der Waals surface area (Å²) in [4.78, 5) is 12.5. The van der Waals surface area contributed by atoms with Crippen LogP contribution in [0.4, 0.5) is 5.69 Å². The lowest BCUT2D eigenvalue weighted by Crippen LogP contribution is -2.23. The number of nitrogens with one attached hydrogen (secondary N) is 1. The third-order valence-corrected chi connectivity index (χ3v) is 6.12. The van der Waals surface area contributed by atoms with Gasteiger partial charge >= 0.3 is 0 Å². The highest BCUT2D eigenvalue weighted by Gasteiger charge is 2.20. The predicted molar refractivity (Wildman–Crippen MR) is 100 cm³/mol. The summed E-state index contributed by atoms with van der Waals surface area (Å²) in [5, 5.41) is 2.78. The van der Waals surface area contributed by atoms with Crippen LogP contribution in [0.1, 0.15) is 22.3 Å². The Hall–Kier alpha value is -2.18. The van der Waals surface area contributed by atoms with E-state index < -0.39 is 10.0 Å². The van der Waals surface area contributed by atoms with Crippen LogP contribution in [-0.2, 0) is 21.2 Å². The number of hydrogen-bond donors (Lipinski definition) is 1. The molecule has 2 aromatic rings. The molecule has 0 atom stereocenters. The minimum absolute atomic E-state index is 0.180. The van der Waals surface area contributed by atoms with E-state index in [1.165, 1.54) is 25.7 Å². The van der Waals surface area contributed by atoms with E-state index in [0.717, 1.165) is 15.4 Å². The second-order valence-electron chi connectivity index (χ2n) is 6.41. The summed E-state index contributed by atoms with van der Waals surface area (Å²) >= 11 is 0. The molecular formula is C19H24N2O3S. The third-order valence-electron chi connectivity index (χ3n) is 4.17. The van der Waals surface area contributed by atoms with Gasteiger partial charge in [0, 0.05) is 19.8 Å². The maximum atomic E-state index is 12.4. The highest BCUT2D eigenvalue weighted by molar-refractivity contribution is 7.89. The largest absolute Gasteiger partial charge is 0.326 e. The summed E-state index contributed by atoms with van der Waals surface area (Å²) in [5.41, 5.74) is 4.36. The Morgan fingerprint density at radius 2 is 1.60 bits per heavy atom. The summed E-state index contributed by atoms with van der Waals surface area (Å²) in [6, 6.07) is 10.8. The minimum Gasteiger partial charge on any atom is -0.326 e. The number of carbonyl (C=O) groups is 1. The molecule has 0 aliphatic carbocycles. The molecule has 6 heteroatoms. The van der Waals surface area contributed by atoms with Gasteiger partial charge in [-0.15, -0.1) is 0 Å². The fourth-order valence-electron chi connectivity index (χ4n) is 2.46. The van der Waals surface area contributed by atoms with Gasteiger partial charge in [-0.05, 0) is 55.2 Å². The molecule has 2 rings (SSSR count). The Morgan fingerprint density at radius 1 is 0.960 bits per heavy atom. The maximum absolute atomic E-state index is 12.4. The number of anilines is 1. The molecule has 0 radical (unpaired) electrons. The monoisotopic (exact) mass is 360 g/mol. The standard InChI is InChI=1S/C19H24N2O3S/c1-13-6-8-16(10-15(13)3)11-19(22)20-17-9-7-14(2)18(12-17)25(23,24)21(4)5/h6-10,12H,11H2,1-5H3,(H,20,22). The first kappa shape index (κ1) is 19.1. The number of amides is 1. The fourth-order valence-corrected chi connectivity index (χ4v) is 3.60. The van der Waals surface area contributed by atoms with Crippen molar-refractivity contribution in [3.05, 3.63) is 58.7 Å². The molecule has 1 amide bonds. The number of hydrogen-bond acceptors (Lipinski definition) is 3. The maximum Gasteiger partial charge on any atom is 0.242 e. The second kappa shape index (κ2) is 7.37. The molecule has 0 bridgehead atoms. The summed E-state index contributed by atoms with van der Waals surface area (Å²) in [6.07, 6.45) is 0.241. The van der Waals surface area contributed by atoms with Gasteiger partial charge in [-0.3, -0.25) is 4.79 Å². The molecular weight excluding hydrogens is 336 g/mol. The number of benzene rings is 2. The quantitative estimate of drug-likeness (QED) is 0.891. The van der Waals surface area contributed by atoms with Gasteiger partial charge in [0.25, 0.3) is 0 Å². The molecule has 0 aliphatic rings. The van der Waals surface area contributed by atoms with Crippen LogP contribution in [0, 0.1) is 20.8 Å². The molecule has 0 aromatic heterocycles. The van der Waals surface area contributed by atoms with E-state index in [4.69, 9.17) is 0 Å². The van der Waals surface area contributed by atoms with E-state index in [1.807, 2.05) is 32.0 Å². The molecule has 0 spiro atoms. The van der Waals surface area contributed by atoms with E-state index in [1.54, 1.807) is 19.1 Å². The van der Waals surface area contributed by atoms with Gasteiger partial charge in [0.2, 0.25) is 15.9 Å². The van der Waals surface area contributed by atoms with Crippen LogP contribution in [0.3, 0.4) is 0 Å². The van der Waals surface area contributed by atoms with E-state index >= 15 is 0 Å². The van der Waals surface area contributed by atoms with Crippen LogP contribution < -0.4 is 5.32 Å². The third kappa shape index (κ3) is 4.46. The van der Waals surface area contributed by atoms with Crippen LogP contribution in [0.2, 0.25) is 0 Å². The Labute approximate surface area is 149 Å². The van der Waals surface area contributed by atoms with Crippen LogP contribution in [0.15, 0.2) is 41.3 Å². The zero-order valence-corrected chi connectivity index (χ0v) is 16.1. The average molecular weight is 360 g/mol. The number of sulfonamides is 1. The van der Waals surface area contributed by atoms with Gasteiger partial charge < -0.3 is 5.32 Å². The smallest absolute Gasteiger partial charge is 0.242 e. The van der Waals surface area contributed by atoms with Gasteiger partial charge in [-0.2, -0.15) is 0 Å². The molecule has 0 saturated heterocycles. The summed E-state index contributed by atoms with van der Waals surface area (Å²) in [7, 11) is -0.581. The van der Waals surface area contributed by atoms with Crippen molar-refractivity contribution in [2.45, 2.75) is 32.1 Å². The van der Waals surface area contributed by atoms with Crippen molar-refractivity contribution >= 4 is 21.6 Å². The van der Waals surface area contributed by atoms with Crippen molar-refractivity contribution in [3.8, 4) is 0 Å². The normalized spacial score (nSPS) is 11.6. The molecule has 0 unspecified atom stereocenters. The van der Waals surface area contributed by atoms with E-state index in [-0.39, 0.29) is 17.2 Å². The van der Waals surface area contributed by atoms with Crippen molar-refractivity contribution < 1.29 is 13.2 Å². The topological polar surface area (TPSA) is 66.5 Å². The van der Waals surface area contributed by atoms with Crippen molar-refractivity contribution in [2.24, 2.45) is 0 Å². The van der Waals surface area contributed by atoms with Crippen LogP contribution in [-0.4, -0.2) is 32.7 Å². The Balaban J connectivity index is 2.20. The Kier molecular flexibility index (Phi) is 5.65. The fraction of sp³-hybridized carbons (Fsp3) is 0.316. The first-order chi connectivity index (χ1) is 11.6. The first-order valence-electron chi connectivity index (χ1n) is 8.00.